The van der Waals surface area contributed by atoms with E-state index < -0.39 is 0 Å². The highest BCUT2D eigenvalue weighted by Crippen LogP contribution is 2.32. The Bertz CT molecular complexity index is 1270. The van der Waals surface area contributed by atoms with Crippen molar-refractivity contribution in [1.82, 2.24) is 25.0 Å². The van der Waals surface area contributed by atoms with Crippen molar-refractivity contribution in [3.05, 3.63) is 53.2 Å². The molecule has 43 heavy (non-hydrogen) atoms. The highest BCUT2D eigenvalue weighted by Gasteiger charge is 2.44. The predicted octanol–water partition coefficient (Wildman–Crippen LogP) is 5.37. The maximum atomic E-state index is 13.7. The summed E-state index contributed by atoms with van der Waals surface area (Å²) in [5.41, 5.74) is 2.79. The smallest absolute Gasteiger partial charge is 0.320 e. The largest absolute Gasteiger partial charge is 0.439 e. The molecule has 0 radical (unpaired) electrons. The average molecular weight is 590 g/mol. The molecule has 232 valence electrons. The maximum absolute atomic E-state index is 13.7. The summed E-state index contributed by atoms with van der Waals surface area (Å²) in [5.74, 6) is 1.74. The Morgan fingerprint density at radius 2 is 1.72 bits per heavy atom. The monoisotopic (exact) mass is 589 g/mol. The van der Waals surface area contributed by atoms with E-state index in [1.807, 2.05) is 25.1 Å². The van der Waals surface area contributed by atoms with Crippen molar-refractivity contribution in [2.24, 2.45) is 5.92 Å². The minimum atomic E-state index is -0.0317. The van der Waals surface area contributed by atoms with E-state index in [4.69, 9.17) is 14.5 Å². The molecule has 0 bridgehead atoms. The van der Waals surface area contributed by atoms with E-state index in [0.717, 1.165) is 90.0 Å². The van der Waals surface area contributed by atoms with Gasteiger partial charge in [0, 0.05) is 74.8 Å². The molecule has 0 spiro atoms. The summed E-state index contributed by atoms with van der Waals surface area (Å²) in [4.78, 5) is 37.6. The lowest BCUT2D eigenvalue weighted by Gasteiger charge is -2.39. The number of nitrogens with zero attached hydrogens (tertiary/aromatic N) is 4. The Hall–Kier alpha value is -3.17. The minimum absolute atomic E-state index is 0.0317. The summed E-state index contributed by atoms with van der Waals surface area (Å²) in [6.07, 6.45) is 7.12. The van der Waals surface area contributed by atoms with Crippen LogP contribution in [0.25, 0.3) is 0 Å². The Labute approximate surface area is 255 Å². The van der Waals surface area contributed by atoms with Crippen molar-refractivity contribution >= 4 is 11.9 Å². The van der Waals surface area contributed by atoms with Gasteiger partial charge >= 0.3 is 6.03 Å². The van der Waals surface area contributed by atoms with Crippen LogP contribution in [0.2, 0.25) is 0 Å². The topological polar surface area (TPSA) is 87.2 Å². The number of likely N-dealkylation sites (tertiary alicyclic amines) is 1. The first-order chi connectivity index (χ1) is 20.8. The molecule has 9 nitrogen and oxygen atoms in total. The van der Waals surface area contributed by atoms with Crippen molar-refractivity contribution < 1.29 is 19.1 Å². The Morgan fingerprint density at radius 3 is 2.37 bits per heavy atom. The van der Waals surface area contributed by atoms with Gasteiger partial charge in [0.05, 0.1) is 6.04 Å². The molecule has 4 aliphatic rings. The lowest BCUT2D eigenvalue weighted by atomic mass is 9.97. The number of nitrogens with one attached hydrogen (secondary N) is 1. The number of rotatable bonds is 10. The van der Waals surface area contributed by atoms with Crippen LogP contribution in [0, 0.1) is 12.8 Å². The van der Waals surface area contributed by atoms with Gasteiger partial charge in [0.1, 0.15) is 5.75 Å². The molecule has 1 aromatic heterocycles. The fourth-order valence-electron chi connectivity index (χ4n) is 6.87. The van der Waals surface area contributed by atoms with Crippen molar-refractivity contribution in [2.45, 2.75) is 96.4 Å². The molecular weight excluding hydrogens is 542 g/mol. The van der Waals surface area contributed by atoms with E-state index >= 15 is 0 Å². The van der Waals surface area contributed by atoms with E-state index in [-0.39, 0.29) is 11.9 Å². The molecule has 1 N–H and O–H groups in total. The second-order valence-electron chi connectivity index (χ2n) is 13.2. The molecule has 1 saturated carbocycles. The lowest BCUT2D eigenvalue weighted by molar-refractivity contribution is 0.0493. The number of aromatic nitrogens is 1. The van der Waals surface area contributed by atoms with Gasteiger partial charge in [0.15, 0.2) is 0 Å². The van der Waals surface area contributed by atoms with Gasteiger partial charge in [-0.2, -0.15) is 0 Å². The molecule has 1 aromatic carbocycles. The molecule has 6 rings (SSSR count). The third-order valence-corrected chi connectivity index (χ3v) is 9.41. The first kappa shape index (κ1) is 29.9. The van der Waals surface area contributed by atoms with E-state index in [1.54, 1.807) is 12.1 Å². The fraction of sp³-hybridized carbons (Fsp3) is 0.618. The zero-order valence-corrected chi connectivity index (χ0v) is 26.0. The summed E-state index contributed by atoms with van der Waals surface area (Å²) < 4.78 is 11.6. The highest BCUT2D eigenvalue weighted by atomic mass is 16.5. The van der Waals surface area contributed by atoms with Gasteiger partial charge in [-0.05, 0) is 87.6 Å². The predicted molar refractivity (Wildman–Crippen MR) is 165 cm³/mol. The van der Waals surface area contributed by atoms with E-state index in [0.29, 0.717) is 47.3 Å². The van der Waals surface area contributed by atoms with E-state index in [1.165, 1.54) is 5.56 Å². The maximum Gasteiger partial charge on any atom is 0.320 e. The summed E-state index contributed by atoms with van der Waals surface area (Å²) >= 11 is 0. The number of carbonyl (C=O) groups is 2. The van der Waals surface area contributed by atoms with Crippen molar-refractivity contribution in [1.29, 1.82) is 0 Å². The molecule has 3 aliphatic heterocycles. The van der Waals surface area contributed by atoms with Crippen LogP contribution in [-0.2, 0) is 11.3 Å². The molecule has 3 amide bonds. The zero-order chi connectivity index (χ0) is 29.9. The number of hydrogen-bond donors (Lipinski definition) is 1. The van der Waals surface area contributed by atoms with E-state index in [9.17, 15) is 9.59 Å². The number of amides is 3. The SMILES string of the molecule is Cc1nc(Oc2ccc(C(=O)NC3CC3)cc2)ccc1CN1CCC(N2C(=O)N(C3CCOCC3)C[C@H]2CC(C)C)CC1. The highest BCUT2D eigenvalue weighted by molar-refractivity contribution is 5.94. The van der Waals surface area contributed by atoms with Crippen LogP contribution in [0.5, 0.6) is 11.6 Å². The molecular formula is C34H47N5O4. The standard InChI is InChI=1S/C34H47N5O4/c1-23(2)20-30-22-38(28-14-18-42-19-15-28)34(41)39(30)29-12-16-37(17-13-29)21-26-6-11-32(35-24(26)3)43-31-9-4-25(5-10-31)33(40)36-27-7-8-27/h4-6,9-11,23,27-30H,7-8,12-22H2,1-3H3,(H,36,40)/t30-/m1/s1. The number of piperidine rings is 1. The Morgan fingerprint density at radius 1 is 1.00 bits per heavy atom. The van der Waals surface area contributed by atoms with Gasteiger partial charge in [-0.3, -0.25) is 9.69 Å². The summed E-state index contributed by atoms with van der Waals surface area (Å²) in [7, 11) is 0. The quantitative estimate of drug-likeness (QED) is 0.401. The Balaban J connectivity index is 1.02. The number of pyridine rings is 1. The fourth-order valence-corrected chi connectivity index (χ4v) is 6.87. The average Bonchev–Trinajstić information content (AvgIpc) is 3.76. The van der Waals surface area contributed by atoms with Gasteiger partial charge < -0.3 is 24.6 Å². The van der Waals surface area contributed by atoms with Crippen LogP contribution < -0.4 is 10.1 Å². The van der Waals surface area contributed by atoms with E-state index in [2.05, 4.69) is 39.9 Å². The van der Waals surface area contributed by atoms with Gasteiger partial charge in [0.2, 0.25) is 5.88 Å². The normalized spacial score (nSPS) is 22.4. The number of ether oxygens (including phenoxy) is 2. The summed E-state index contributed by atoms with van der Waals surface area (Å²) in [6, 6.07) is 12.8. The van der Waals surface area contributed by atoms with Crippen LogP contribution in [0.1, 0.15) is 80.4 Å². The molecule has 4 heterocycles. The number of hydrogen-bond acceptors (Lipinski definition) is 6. The third-order valence-electron chi connectivity index (χ3n) is 9.41. The molecule has 9 heteroatoms. The molecule has 1 aliphatic carbocycles. The van der Waals surface area contributed by atoms with Crippen LogP contribution in [-0.4, -0.2) is 88.6 Å². The van der Waals surface area contributed by atoms with Crippen molar-refractivity contribution in [3.63, 3.8) is 0 Å². The van der Waals surface area contributed by atoms with Gasteiger partial charge in [-0.15, -0.1) is 0 Å². The van der Waals surface area contributed by atoms with Crippen molar-refractivity contribution in [2.75, 3.05) is 32.8 Å². The molecule has 4 fully saturated rings. The second kappa shape index (κ2) is 13.2. The number of aryl methyl sites for hydroxylation is 1. The van der Waals surface area contributed by atoms with Crippen LogP contribution in [0.15, 0.2) is 36.4 Å². The number of benzene rings is 1. The number of carbonyl (C=O) groups excluding carboxylic acids is 2. The van der Waals surface area contributed by atoms with Gasteiger partial charge in [-0.25, -0.2) is 9.78 Å². The third kappa shape index (κ3) is 7.32. The van der Waals surface area contributed by atoms with Crippen LogP contribution in [0.4, 0.5) is 4.79 Å². The van der Waals surface area contributed by atoms with Gasteiger partial charge in [-0.1, -0.05) is 19.9 Å². The van der Waals surface area contributed by atoms with Crippen LogP contribution >= 0.6 is 0 Å². The molecule has 3 saturated heterocycles. The number of urea groups is 1. The summed E-state index contributed by atoms with van der Waals surface area (Å²) in [6.45, 7) is 11.7. The molecule has 1 atom stereocenters. The first-order valence-electron chi connectivity index (χ1n) is 16.3. The zero-order valence-electron chi connectivity index (χ0n) is 26.0. The summed E-state index contributed by atoms with van der Waals surface area (Å²) in [5, 5.41) is 3.01. The molecule has 0 unspecified atom stereocenters. The van der Waals surface area contributed by atoms with Crippen LogP contribution in [0.3, 0.4) is 0 Å². The minimum Gasteiger partial charge on any atom is -0.439 e. The van der Waals surface area contributed by atoms with Gasteiger partial charge in [0.25, 0.3) is 5.91 Å². The molecule has 2 aromatic rings. The second-order valence-corrected chi connectivity index (χ2v) is 13.2. The Kier molecular flexibility index (Phi) is 9.19. The first-order valence-corrected chi connectivity index (χ1v) is 16.3. The lowest BCUT2D eigenvalue weighted by Crippen LogP contribution is -2.50. The van der Waals surface area contributed by atoms with Crippen molar-refractivity contribution in [3.8, 4) is 11.6 Å².